The molecule has 7 heteroatoms. The molecular formula is C20H26N4O3. The maximum atomic E-state index is 11.0. The van der Waals surface area contributed by atoms with Crippen molar-refractivity contribution in [3.8, 4) is 0 Å². The number of anilines is 1. The molecule has 2 heterocycles. The van der Waals surface area contributed by atoms with Crippen molar-refractivity contribution in [1.29, 1.82) is 0 Å². The Balaban J connectivity index is 1.64. The highest BCUT2D eigenvalue weighted by Gasteiger charge is 2.27. The van der Waals surface area contributed by atoms with Crippen molar-refractivity contribution in [2.45, 2.75) is 39.0 Å². The second kappa shape index (κ2) is 8.92. The van der Waals surface area contributed by atoms with E-state index in [9.17, 15) is 10.1 Å². The van der Waals surface area contributed by atoms with E-state index >= 15 is 0 Å². The van der Waals surface area contributed by atoms with Gasteiger partial charge in [-0.2, -0.15) is 0 Å². The maximum Gasteiger partial charge on any atom is 0.290 e. The summed E-state index contributed by atoms with van der Waals surface area (Å²) in [5.41, 5.74) is 1.94. The number of hydrogen-bond donors (Lipinski definition) is 1. The van der Waals surface area contributed by atoms with E-state index in [1.807, 2.05) is 6.07 Å². The number of pyridine rings is 1. The lowest BCUT2D eigenvalue weighted by molar-refractivity contribution is -0.385. The Morgan fingerprint density at radius 3 is 2.85 bits per heavy atom. The van der Waals surface area contributed by atoms with E-state index in [0.717, 1.165) is 26.1 Å². The standard InChI is InChI=1S/C20H26N4O3/c1-3-17(22-20-11-15(2)18(12-21-20)24(25)26)19-14-23(9-10-27-19)13-16-7-5-4-6-8-16/h4-8,11-12,17,19H,3,9-10,13-14H2,1-2H3,(H,21,22). The van der Waals surface area contributed by atoms with Crippen molar-refractivity contribution in [1.82, 2.24) is 9.88 Å². The van der Waals surface area contributed by atoms with E-state index in [2.05, 4.69) is 46.4 Å². The summed E-state index contributed by atoms with van der Waals surface area (Å²) in [7, 11) is 0. The van der Waals surface area contributed by atoms with Crippen LogP contribution >= 0.6 is 0 Å². The fourth-order valence-electron chi connectivity index (χ4n) is 3.43. The van der Waals surface area contributed by atoms with Gasteiger partial charge in [0.15, 0.2) is 0 Å². The Hall–Kier alpha value is -2.51. The molecule has 2 unspecified atom stereocenters. The van der Waals surface area contributed by atoms with Crippen LogP contribution in [0.1, 0.15) is 24.5 Å². The molecule has 0 radical (unpaired) electrons. The molecule has 1 N–H and O–H groups in total. The minimum Gasteiger partial charge on any atom is -0.373 e. The van der Waals surface area contributed by atoms with E-state index in [1.54, 1.807) is 13.0 Å². The smallest absolute Gasteiger partial charge is 0.290 e. The first-order valence-corrected chi connectivity index (χ1v) is 9.32. The monoisotopic (exact) mass is 370 g/mol. The molecule has 27 heavy (non-hydrogen) atoms. The largest absolute Gasteiger partial charge is 0.373 e. The van der Waals surface area contributed by atoms with Gasteiger partial charge in [-0.15, -0.1) is 0 Å². The predicted molar refractivity (Wildman–Crippen MR) is 105 cm³/mol. The Bertz CT molecular complexity index is 769. The van der Waals surface area contributed by atoms with Gasteiger partial charge in [0.1, 0.15) is 12.0 Å². The average Bonchev–Trinajstić information content (AvgIpc) is 2.67. The van der Waals surface area contributed by atoms with Crippen LogP contribution in [0.15, 0.2) is 42.6 Å². The highest BCUT2D eigenvalue weighted by Crippen LogP contribution is 2.22. The lowest BCUT2D eigenvalue weighted by atomic mass is 10.1. The topological polar surface area (TPSA) is 80.5 Å². The number of ether oxygens (including phenoxy) is 1. The first kappa shape index (κ1) is 19.3. The highest BCUT2D eigenvalue weighted by molar-refractivity contribution is 5.47. The zero-order valence-corrected chi connectivity index (χ0v) is 15.8. The number of aromatic nitrogens is 1. The van der Waals surface area contributed by atoms with Crippen molar-refractivity contribution in [2.75, 3.05) is 25.0 Å². The lowest BCUT2D eigenvalue weighted by Gasteiger charge is -2.37. The van der Waals surface area contributed by atoms with E-state index in [0.29, 0.717) is 18.0 Å². The highest BCUT2D eigenvalue weighted by atomic mass is 16.6. The fourth-order valence-corrected chi connectivity index (χ4v) is 3.43. The number of benzene rings is 1. The summed E-state index contributed by atoms with van der Waals surface area (Å²) in [6.07, 6.45) is 2.24. The van der Waals surface area contributed by atoms with Gasteiger partial charge in [0.05, 0.1) is 23.7 Å². The molecule has 7 nitrogen and oxygen atoms in total. The minimum atomic E-state index is -0.408. The van der Waals surface area contributed by atoms with Crippen molar-refractivity contribution in [2.24, 2.45) is 0 Å². The lowest BCUT2D eigenvalue weighted by Crippen LogP contribution is -2.49. The first-order valence-electron chi connectivity index (χ1n) is 9.32. The van der Waals surface area contributed by atoms with Gasteiger partial charge in [0.2, 0.25) is 0 Å². The van der Waals surface area contributed by atoms with Crippen LogP contribution in [0.3, 0.4) is 0 Å². The Kier molecular flexibility index (Phi) is 6.36. The van der Waals surface area contributed by atoms with E-state index < -0.39 is 4.92 Å². The van der Waals surface area contributed by atoms with Gasteiger partial charge in [-0.1, -0.05) is 37.3 Å². The minimum absolute atomic E-state index is 0.0385. The van der Waals surface area contributed by atoms with Crippen LogP contribution in [0.2, 0.25) is 0 Å². The number of hydrogen-bond acceptors (Lipinski definition) is 6. The molecule has 1 aromatic heterocycles. The summed E-state index contributed by atoms with van der Waals surface area (Å²) in [4.78, 5) is 17.2. The summed E-state index contributed by atoms with van der Waals surface area (Å²) >= 11 is 0. The molecular weight excluding hydrogens is 344 g/mol. The van der Waals surface area contributed by atoms with Crippen molar-refractivity contribution in [3.05, 3.63) is 63.8 Å². The fraction of sp³-hybridized carbons (Fsp3) is 0.450. The van der Waals surface area contributed by atoms with Crippen molar-refractivity contribution < 1.29 is 9.66 Å². The van der Waals surface area contributed by atoms with Crippen LogP contribution in [-0.2, 0) is 11.3 Å². The average molecular weight is 370 g/mol. The number of nitrogens with one attached hydrogen (secondary N) is 1. The molecule has 0 amide bonds. The number of morpholine rings is 1. The molecule has 1 fully saturated rings. The molecule has 2 aromatic rings. The summed E-state index contributed by atoms with van der Waals surface area (Å²) in [5.74, 6) is 0.647. The van der Waals surface area contributed by atoms with Crippen molar-refractivity contribution in [3.63, 3.8) is 0 Å². The number of nitro groups is 1. The normalized spacial score (nSPS) is 18.8. The van der Waals surface area contributed by atoms with E-state index in [1.165, 1.54) is 11.8 Å². The van der Waals surface area contributed by atoms with Crippen LogP contribution < -0.4 is 5.32 Å². The second-order valence-corrected chi connectivity index (χ2v) is 6.90. The summed E-state index contributed by atoms with van der Waals surface area (Å²) in [5, 5.41) is 14.4. The maximum absolute atomic E-state index is 11.0. The molecule has 0 bridgehead atoms. The van der Waals surface area contributed by atoms with Crippen LogP contribution in [0, 0.1) is 17.0 Å². The van der Waals surface area contributed by atoms with Crippen molar-refractivity contribution >= 4 is 11.5 Å². The third kappa shape index (κ3) is 5.02. The van der Waals surface area contributed by atoms with Gasteiger partial charge >= 0.3 is 0 Å². The molecule has 0 aliphatic carbocycles. The molecule has 1 saturated heterocycles. The molecule has 1 aliphatic heterocycles. The molecule has 0 saturated carbocycles. The second-order valence-electron chi connectivity index (χ2n) is 6.90. The summed E-state index contributed by atoms with van der Waals surface area (Å²) in [6.45, 7) is 7.19. The molecule has 3 rings (SSSR count). The first-order chi connectivity index (χ1) is 13.1. The quantitative estimate of drug-likeness (QED) is 0.594. The van der Waals surface area contributed by atoms with Gasteiger partial charge in [0, 0.05) is 25.2 Å². The van der Waals surface area contributed by atoms with Crippen LogP contribution in [-0.4, -0.2) is 46.6 Å². The number of rotatable bonds is 7. The van der Waals surface area contributed by atoms with Crippen LogP contribution in [0.5, 0.6) is 0 Å². The Morgan fingerprint density at radius 2 is 2.19 bits per heavy atom. The summed E-state index contributed by atoms with van der Waals surface area (Å²) < 4.78 is 6.02. The van der Waals surface area contributed by atoms with E-state index in [-0.39, 0.29) is 17.8 Å². The third-order valence-corrected chi connectivity index (χ3v) is 4.93. The van der Waals surface area contributed by atoms with E-state index in [4.69, 9.17) is 4.74 Å². The SMILES string of the molecule is CCC(Nc1cc(C)c([N+](=O)[O-])cn1)C1CN(Cc2ccccc2)CCO1. The number of nitrogens with zero attached hydrogens (tertiary/aromatic N) is 3. The summed E-state index contributed by atoms with van der Waals surface area (Å²) in [6, 6.07) is 12.3. The van der Waals surface area contributed by atoms with Crippen LogP contribution in [0.4, 0.5) is 11.5 Å². The van der Waals surface area contributed by atoms with Gasteiger partial charge in [-0.25, -0.2) is 4.98 Å². The van der Waals surface area contributed by atoms with Gasteiger partial charge in [-0.3, -0.25) is 15.0 Å². The Labute approximate surface area is 159 Å². The predicted octanol–water partition coefficient (Wildman–Crippen LogP) is 3.39. The zero-order chi connectivity index (χ0) is 19.2. The van der Waals surface area contributed by atoms with Crippen LogP contribution in [0.25, 0.3) is 0 Å². The van der Waals surface area contributed by atoms with Gasteiger partial charge in [-0.05, 0) is 25.0 Å². The molecule has 2 atom stereocenters. The molecule has 0 spiro atoms. The molecule has 144 valence electrons. The third-order valence-electron chi connectivity index (χ3n) is 4.93. The molecule has 1 aliphatic rings. The zero-order valence-electron chi connectivity index (χ0n) is 15.8. The van der Waals surface area contributed by atoms with Gasteiger partial charge < -0.3 is 10.1 Å². The van der Waals surface area contributed by atoms with Gasteiger partial charge in [0.25, 0.3) is 5.69 Å². The molecule has 1 aromatic carbocycles. The Morgan fingerprint density at radius 1 is 1.41 bits per heavy atom. The number of aryl methyl sites for hydroxylation is 1.